The van der Waals surface area contributed by atoms with E-state index in [1.165, 1.54) is 23.4 Å². The molecule has 0 aromatic heterocycles. The molecule has 1 aromatic carbocycles. The van der Waals surface area contributed by atoms with Gasteiger partial charge in [-0.1, -0.05) is 11.6 Å². The maximum atomic E-state index is 6.00. The molecule has 2 rings (SSSR count). The van der Waals surface area contributed by atoms with E-state index in [2.05, 4.69) is 24.4 Å². The van der Waals surface area contributed by atoms with Crippen LogP contribution in [0.2, 0.25) is 5.02 Å². The van der Waals surface area contributed by atoms with E-state index in [9.17, 15) is 0 Å². The van der Waals surface area contributed by atoms with Crippen molar-refractivity contribution in [1.82, 2.24) is 0 Å². The van der Waals surface area contributed by atoms with Gasteiger partial charge in [0.15, 0.2) is 0 Å². The average Bonchev–Trinajstić information content (AvgIpc) is 2.16. The molecule has 14 heavy (non-hydrogen) atoms. The van der Waals surface area contributed by atoms with Crippen LogP contribution in [-0.4, -0.2) is 12.3 Å². The minimum atomic E-state index is 0.538. The molecule has 1 N–H and O–H groups in total. The fourth-order valence-corrected chi connectivity index (χ4v) is 2.90. The van der Waals surface area contributed by atoms with Gasteiger partial charge in [0.1, 0.15) is 0 Å². The Labute approximate surface area is 94.2 Å². The van der Waals surface area contributed by atoms with E-state index in [4.69, 9.17) is 11.6 Å². The summed E-state index contributed by atoms with van der Waals surface area (Å²) < 4.78 is 0. The predicted octanol–water partition coefficient (Wildman–Crippen LogP) is 3.95. The zero-order valence-electron chi connectivity index (χ0n) is 8.22. The second kappa shape index (κ2) is 4.45. The fourth-order valence-electron chi connectivity index (χ4n) is 1.68. The lowest BCUT2D eigenvalue weighted by Gasteiger charge is -2.21. The summed E-state index contributed by atoms with van der Waals surface area (Å²) in [6.45, 7) is 3.31. The minimum Gasteiger partial charge on any atom is -0.385 e. The summed E-state index contributed by atoms with van der Waals surface area (Å²) in [6.07, 6.45) is 1.23. The molecule has 0 spiro atoms. The first-order valence-electron chi connectivity index (χ1n) is 4.92. The highest BCUT2D eigenvalue weighted by molar-refractivity contribution is 7.99. The molecular formula is C11H14ClNS. The normalized spacial score (nSPS) is 21.7. The topological polar surface area (TPSA) is 12.0 Å². The van der Waals surface area contributed by atoms with Gasteiger partial charge >= 0.3 is 0 Å². The summed E-state index contributed by atoms with van der Waals surface area (Å²) >= 11 is 8.00. The van der Waals surface area contributed by atoms with Crippen molar-refractivity contribution in [3.05, 3.63) is 28.8 Å². The molecule has 0 aliphatic carbocycles. The van der Waals surface area contributed by atoms with E-state index in [1.807, 2.05) is 17.8 Å². The monoisotopic (exact) mass is 227 g/mol. The lowest BCUT2D eigenvalue weighted by atomic mass is 10.1. The Morgan fingerprint density at radius 1 is 1.50 bits per heavy atom. The Hall–Kier alpha value is -0.340. The zero-order valence-corrected chi connectivity index (χ0v) is 9.79. The van der Waals surface area contributed by atoms with Crippen LogP contribution in [0.4, 0.5) is 5.69 Å². The van der Waals surface area contributed by atoms with Crippen molar-refractivity contribution >= 4 is 29.1 Å². The smallest absolute Gasteiger partial charge is 0.0410 e. The summed E-state index contributed by atoms with van der Waals surface area (Å²) in [4.78, 5) is 0. The van der Waals surface area contributed by atoms with Crippen molar-refractivity contribution in [1.29, 1.82) is 0 Å². The molecule has 3 heteroatoms. The van der Waals surface area contributed by atoms with Crippen LogP contribution in [-0.2, 0) is 0 Å². The molecule has 1 aliphatic rings. The van der Waals surface area contributed by atoms with E-state index in [-0.39, 0.29) is 0 Å². The van der Waals surface area contributed by atoms with Crippen LogP contribution in [0.1, 0.15) is 24.2 Å². The number of hydrogen-bond acceptors (Lipinski definition) is 2. The standard InChI is InChI=1S/C11H14ClNS/c1-8-10-7-9(12)3-4-11(10)13-5-2-6-14-8/h3-4,7-8,13H,2,5-6H2,1H3. The van der Waals surface area contributed by atoms with Crippen LogP contribution >= 0.6 is 23.4 Å². The quantitative estimate of drug-likeness (QED) is 0.720. The van der Waals surface area contributed by atoms with Gasteiger partial charge in [-0.2, -0.15) is 11.8 Å². The molecule has 0 saturated carbocycles. The Morgan fingerprint density at radius 2 is 2.36 bits per heavy atom. The second-order valence-corrected chi connectivity index (χ2v) is 5.41. The van der Waals surface area contributed by atoms with Gasteiger partial charge in [0.25, 0.3) is 0 Å². The molecule has 76 valence electrons. The number of benzene rings is 1. The van der Waals surface area contributed by atoms with Crippen molar-refractivity contribution in [2.45, 2.75) is 18.6 Å². The van der Waals surface area contributed by atoms with E-state index >= 15 is 0 Å². The van der Waals surface area contributed by atoms with Gasteiger partial charge in [-0.05, 0) is 42.9 Å². The van der Waals surface area contributed by atoms with Crippen LogP contribution in [0.15, 0.2) is 18.2 Å². The van der Waals surface area contributed by atoms with Crippen molar-refractivity contribution in [3.8, 4) is 0 Å². The third kappa shape index (κ3) is 2.18. The van der Waals surface area contributed by atoms with Gasteiger partial charge in [0.2, 0.25) is 0 Å². The van der Waals surface area contributed by atoms with Gasteiger partial charge in [-0.25, -0.2) is 0 Å². The van der Waals surface area contributed by atoms with Crippen molar-refractivity contribution in [2.75, 3.05) is 17.6 Å². The van der Waals surface area contributed by atoms with Crippen molar-refractivity contribution < 1.29 is 0 Å². The molecule has 0 amide bonds. The summed E-state index contributed by atoms with van der Waals surface area (Å²) in [7, 11) is 0. The number of rotatable bonds is 0. The van der Waals surface area contributed by atoms with E-state index in [1.54, 1.807) is 0 Å². The second-order valence-electron chi connectivity index (χ2n) is 3.52. The first-order valence-corrected chi connectivity index (χ1v) is 6.35. The molecule has 0 saturated heterocycles. The molecule has 0 bridgehead atoms. The SMILES string of the molecule is CC1SCCCNc2ccc(Cl)cc21. The molecule has 1 unspecified atom stereocenters. The molecule has 1 atom stereocenters. The lowest BCUT2D eigenvalue weighted by Crippen LogP contribution is -2.09. The average molecular weight is 228 g/mol. The van der Waals surface area contributed by atoms with Crippen LogP contribution in [0.5, 0.6) is 0 Å². The minimum absolute atomic E-state index is 0.538. The molecule has 1 heterocycles. The molecular weight excluding hydrogens is 214 g/mol. The van der Waals surface area contributed by atoms with Gasteiger partial charge < -0.3 is 5.32 Å². The third-order valence-electron chi connectivity index (χ3n) is 2.46. The summed E-state index contributed by atoms with van der Waals surface area (Å²) in [5, 5.41) is 4.82. The molecule has 0 fully saturated rings. The Morgan fingerprint density at radius 3 is 3.21 bits per heavy atom. The number of anilines is 1. The zero-order chi connectivity index (χ0) is 9.97. The van der Waals surface area contributed by atoms with E-state index in [0.717, 1.165) is 11.6 Å². The van der Waals surface area contributed by atoms with Crippen LogP contribution < -0.4 is 5.32 Å². The first-order chi connectivity index (χ1) is 6.77. The number of hydrogen-bond donors (Lipinski definition) is 1. The number of halogens is 1. The maximum absolute atomic E-state index is 6.00. The van der Waals surface area contributed by atoms with Gasteiger partial charge in [0, 0.05) is 22.5 Å². The molecule has 0 radical (unpaired) electrons. The lowest BCUT2D eigenvalue weighted by molar-refractivity contribution is 0.957. The molecule has 1 aromatic rings. The summed E-state index contributed by atoms with van der Waals surface area (Å²) in [5.74, 6) is 1.22. The third-order valence-corrected chi connectivity index (χ3v) is 3.97. The summed E-state index contributed by atoms with van der Waals surface area (Å²) in [6, 6.07) is 6.11. The highest BCUT2D eigenvalue weighted by atomic mass is 35.5. The highest BCUT2D eigenvalue weighted by Crippen LogP contribution is 2.36. The number of nitrogens with one attached hydrogen (secondary N) is 1. The van der Waals surface area contributed by atoms with Crippen LogP contribution in [0.3, 0.4) is 0 Å². The Kier molecular flexibility index (Phi) is 3.24. The molecule has 1 aliphatic heterocycles. The Bertz CT molecular complexity index is 327. The highest BCUT2D eigenvalue weighted by Gasteiger charge is 2.13. The van der Waals surface area contributed by atoms with Crippen molar-refractivity contribution in [3.63, 3.8) is 0 Å². The first kappa shape index (κ1) is 10.2. The van der Waals surface area contributed by atoms with Crippen molar-refractivity contribution in [2.24, 2.45) is 0 Å². The summed E-state index contributed by atoms with van der Waals surface area (Å²) in [5.41, 5.74) is 2.58. The fraction of sp³-hybridized carbons (Fsp3) is 0.455. The van der Waals surface area contributed by atoms with E-state index in [0.29, 0.717) is 5.25 Å². The van der Waals surface area contributed by atoms with Crippen LogP contribution in [0, 0.1) is 0 Å². The number of fused-ring (bicyclic) bond motifs is 1. The maximum Gasteiger partial charge on any atom is 0.0410 e. The van der Waals surface area contributed by atoms with Crippen LogP contribution in [0.25, 0.3) is 0 Å². The van der Waals surface area contributed by atoms with Gasteiger partial charge in [-0.3, -0.25) is 0 Å². The number of thioether (sulfide) groups is 1. The van der Waals surface area contributed by atoms with E-state index < -0.39 is 0 Å². The largest absolute Gasteiger partial charge is 0.385 e. The Balaban J connectivity index is 2.36. The van der Waals surface area contributed by atoms with Gasteiger partial charge in [0.05, 0.1) is 0 Å². The predicted molar refractivity (Wildman–Crippen MR) is 65.4 cm³/mol. The van der Waals surface area contributed by atoms with Gasteiger partial charge in [-0.15, -0.1) is 0 Å². The molecule has 1 nitrogen and oxygen atoms in total.